The van der Waals surface area contributed by atoms with E-state index in [1.165, 1.54) is 18.4 Å². The van der Waals surface area contributed by atoms with E-state index in [0.717, 1.165) is 22.9 Å². The summed E-state index contributed by atoms with van der Waals surface area (Å²) in [6.07, 6.45) is 6.90. The monoisotopic (exact) mass is 508 g/mol. The van der Waals surface area contributed by atoms with Gasteiger partial charge < -0.3 is 5.11 Å². The molecule has 0 saturated carbocycles. The topological polar surface area (TPSA) is 88.5 Å². The van der Waals surface area contributed by atoms with Gasteiger partial charge in [0.15, 0.2) is 0 Å². The van der Waals surface area contributed by atoms with E-state index in [0.29, 0.717) is 12.2 Å². The minimum atomic E-state index is -2.85. The Kier molecular flexibility index (Phi) is 23.8. The summed E-state index contributed by atoms with van der Waals surface area (Å²) < 4.78 is 42.3. The molecule has 0 atom stereocenters. The Bertz CT molecular complexity index is 369. The van der Waals surface area contributed by atoms with E-state index in [1.807, 2.05) is 11.8 Å². The van der Waals surface area contributed by atoms with E-state index in [-0.39, 0.29) is 12.4 Å². The second-order valence-corrected chi connectivity index (χ2v) is 11.5. The van der Waals surface area contributed by atoms with E-state index in [1.54, 1.807) is 0 Å². The van der Waals surface area contributed by atoms with Crippen molar-refractivity contribution >= 4 is 66.7 Å². The maximum Gasteiger partial charge on any atom is 0.147 e. The summed E-state index contributed by atoms with van der Waals surface area (Å²) in [6.45, 7) is -0.0485. The number of halogens is 1. The average molecular weight is 509 g/mol. The maximum absolute atomic E-state index is 10.4. The number of hydrogen-bond donors (Lipinski definition) is 2. The normalized spacial score (nSPS) is 11.0. The number of thioether (sulfide) groups is 1. The molecule has 0 aliphatic heterocycles. The van der Waals surface area contributed by atoms with Gasteiger partial charge in [-0.15, -0.1) is 0 Å². The van der Waals surface area contributed by atoms with Crippen LogP contribution in [0.3, 0.4) is 0 Å². The molecule has 0 unspecified atom stereocenters. The van der Waals surface area contributed by atoms with Crippen molar-refractivity contribution < 1.29 is 21.9 Å². The van der Waals surface area contributed by atoms with Gasteiger partial charge in [0, 0.05) is 23.5 Å². The number of hydrogen-bond acceptors (Lipinski definition) is 7. The highest BCUT2D eigenvalue weighted by molar-refractivity contribution is 14.1. The molecule has 0 heterocycles. The van der Waals surface area contributed by atoms with Crippen molar-refractivity contribution in [3.05, 3.63) is 0 Å². The van der Waals surface area contributed by atoms with Gasteiger partial charge in [0.1, 0.15) is 19.7 Å². The van der Waals surface area contributed by atoms with Crippen molar-refractivity contribution in [3.63, 3.8) is 0 Å². The van der Waals surface area contributed by atoms with Gasteiger partial charge in [-0.1, -0.05) is 22.6 Å². The van der Waals surface area contributed by atoms with Gasteiger partial charge in [-0.3, -0.25) is 0 Å². The molecule has 0 aromatic rings. The molecule has 0 radical (unpaired) electrons. The fourth-order valence-electron chi connectivity index (χ4n) is 0.852. The van der Waals surface area contributed by atoms with Crippen LogP contribution in [0.1, 0.15) is 19.3 Å². The minimum Gasteiger partial charge on any atom is -0.396 e. The summed E-state index contributed by atoms with van der Waals surface area (Å²) in [6, 6.07) is 0. The number of alkyl halides is 1. The third-order valence-corrected chi connectivity index (χ3v) is 5.67. The van der Waals surface area contributed by atoms with Crippen LogP contribution in [-0.2, 0) is 19.7 Å². The lowest BCUT2D eigenvalue weighted by Gasteiger charge is -1.91. The Balaban J connectivity index is -0.000000249. The fraction of sp³-hybridized carbons (Fsp3) is 1.00. The summed E-state index contributed by atoms with van der Waals surface area (Å²) in [4.78, 5) is 0. The standard InChI is InChI=1S/C4H9IO2S.C4H10O3S.C4H10S2/c2*1-8(6,7)4-2-3-5;1-6-4-2-3-5/h2-4H2,1H3;5H,2-4H2,1H3;5H,2-4H2,1H3. The van der Waals surface area contributed by atoms with Crippen LogP contribution in [0.25, 0.3) is 0 Å². The number of thiol groups is 1. The SMILES string of the molecule is CS(=O)(=O)CCCI.CS(=O)(=O)CCCO.CSCCCS. The average Bonchev–Trinajstić information content (AvgIpc) is 2.40. The Labute approximate surface area is 159 Å². The molecule has 0 aromatic carbocycles. The Morgan fingerprint density at radius 1 is 1.00 bits per heavy atom. The second-order valence-electron chi connectivity index (χ2n) is 4.45. The molecular weight excluding hydrogens is 479 g/mol. The number of aliphatic hydroxyl groups excluding tert-OH is 1. The summed E-state index contributed by atoms with van der Waals surface area (Å²) in [5, 5.41) is 8.17. The summed E-state index contributed by atoms with van der Waals surface area (Å²) >= 11 is 8.08. The van der Waals surface area contributed by atoms with Crippen LogP contribution in [0.2, 0.25) is 0 Å². The van der Waals surface area contributed by atoms with E-state index in [4.69, 9.17) is 5.11 Å². The summed E-state index contributed by atoms with van der Waals surface area (Å²) in [7, 11) is -5.54. The van der Waals surface area contributed by atoms with E-state index in [2.05, 4.69) is 41.5 Å². The Morgan fingerprint density at radius 3 is 1.59 bits per heavy atom. The molecule has 0 amide bonds. The largest absolute Gasteiger partial charge is 0.396 e. The van der Waals surface area contributed by atoms with Gasteiger partial charge in [0.05, 0.1) is 11.5 Å². The third kappa shape index (κ3) is 42.9. The molecule has 0 bridgehead atoms. The molecule has 0 fully saturated rings. The van der Waals surface area contributed by atoms with Crippen LogP contribution < -0.4 is 0 Å². The smallest absolute Gasteiger partial charge is 0.147 e. The van der Waals surface area contributed by atoms with Crippen molar-refractivity contribution in [1.82, 2.24) is 0 Å². The van der Waals surface area contributed by atoms with Crippen LogP contribution in [-0.4, -0.2) is 74.8 Å². The van der Waals surface area contributed by atoms with Gasteiger partial charge in [-0.25, -0.2) is 16.8 Å². The Hall–Kier alpha value is 1.29. The first kappa shape index (κ1) is 28.1. The number of rotatable bonds is 9. The highest BCUT2D eigenvalue weighted by atomic mass is 127. The molecule has 0 aliphatic carbocycles. The molecule has 1 N–H and O–H groups in total. The highest BCUT2D eigenvalue weighted by Crippen LogP contribution is 1.95. The molecule has 0 aromatic heterocycles. The first-order valence-corrected chi connectivity index (χ1v) is 14.3. The maximum atomic E-state index is 10.4. The summed E-state index contributed by atoms with van der Waals surface area (Å²) in [5.74, 6) is 2.70. The Morgan fingerprint density at radius 2 is 1.45 bits per heavy atom. The summed E-state index contributed by atoms with van der Waals surface area (Å²) in [5.41, 5.74) is 0. The zero-order chi connectivity index (χ0) is 18.1. The lowest BCUT2D eigenvalue weighted by atomic mass is 10.5. The van der Waals surface area contributed by atoms with Crippen LogP contribution in [0.15, 0.2) is 0 Å². The van der Waals surface area contributed by atoms with Gasteiger partial charge in [0.25, 0.3) is 0 Å². The van der Waals surface area contributed by atoms with Crippen LogP contribution >= 0.6 is 47.0 Å². The van der Waals surface area contributed by atoms with Gasteiger partial charge in [-0.05, 0) is 37.0 Å². The van der Waals surface area contributed by atoms with Crippen molar-refractivity contribution in [3.8, 4) is 0 Å². The molecule has 5 nitrogen and oxygen atoms in total. The van der Waals surface area contributed by atoms with Crippen molar-refractivity contribution in [2.45, 2.75) is 19.3 Å². The predicted octanol–water partition coefficient (Wildman–Crippen LogP) is 1.94. The van der Waals surface area contributed by atoms with E-state index < -0.39 is 19.7 Å². The molecule has 0 spiro atoms. The van der Waals surface area contributed by atoms with Gasteiger partial charge in [0.2, 0.25) is 0 Å². The zero-order valence-corrected chi connectivity index (χ0v) is 19.0. The van der Waals surface area contributed by atoms with Gasteiger partial charge in [-0.2, -0.15) is 24.4 Å². The van der Waals surface area contributed by atoms with Crippen molar-refractivity contribution in [2.24, 2.45) is 0 Å². The first-order chi connectivity index (χ1) is 10.0. The van der Waals surface area contributed by atoms with Crippen molar-refractivity contribution in [2.75, 3.05) is 52.8 Å². The molecule has 0 saturated heterocycles. The molecule has 10 heteroatoms. The van der Waals surface area contributed by atoms with Crippen LogP contribution in [0.5, 0.6) is 0 Å². The third-order valence-electron chi connectivity index (χ3n) is 1.83. The van der Waals surface area contributed by atoms with Crippen molar-refractivity contribution in [1.29, 1.82) is 0 Å². The van der Waals surface area contributed by atoms with E-state index >= 15 is 0 Å². The van der Waals surface area contributed by atoms with Crippen LogP contribution in [0, 0.1) is 0 Å². The lowest BCUT2D eigenvalue weighted by molar-refractivity contribution is 0.295. The quantitative estimate of drug-likeness (QED) is 0.214. The van der Waals surface area contributed by atoms with Gasteiger partial charge >= 0.3 is 0 Å². The lowest BCUT2D eigenvalue weighted by Crippen LogP contribution is -2.03. The fourth-order valence-corrected chi connectivity index (χ4v) is 3.88. The molecule has 0 aliphatic rings. The zero-order valence-electron chi connectivity index (χ0n) is 13.5. The molecule has 0 rings (SSSR count). The van der Waals surface area contributed by atoms with E-state index in [9.17, 15) is 16.8 Å². The predicted molar refractivity (Wildman–Crippen MR) is 111 cm³/mol. The van der Waals surface area contributed by atoms with Crippen LogP contribution in [0.4, 0.5) is 0 Å². The highest BCUT2D eigenvalue weighted by Gasteiger charge is 1.98. The molecule has 22 heavy (non-hydrogen) atoms. The molecular formula is C12H29IO5S4. The minimum absolute atomic E-state index is 0.0485. The molecule has 138 valence electrons. The second kappa shape index (κ2) is 18.6. The first-order valence-electron chi connectivity index (χ1n) is 6.66. The number of aliphatic hydroxyl groups is 1. The number of sulfone groups is 2.